The summed E-state index contributed by atoms with van der Waals surface area (Å²) in [5.41, 5.74) is 2.07. The van der Waals surface area contributed by atoms with E-state index in [0.717, 1.165) is 12.0 Å². The van der Waals surface area contributed by atoms with Gasteiger partial charge in [0.15, 0.2) is 0 Å². The molecule has 1 aliphatic rings. The minimum atomic E-state index is 0.0528. The van der Waals surface area contributed by atoms with E-state index in [1.54, 1.807) is 6.20 Å². The van der Waals surface area contributed by atoms with Crippen molar-refractivity contribution in [3.05, 3.63) is 52.5 Å². The molecule has 104 valence electrons. The second-order valence-corrected chi connectivity index (χ2v) is 6.12. The van der Waals surface area contributed by atoms with E-state index in [2.05, 4.69) is 15.8 Å². The quantitative estimate of drug-likeness (QED) is 0.915. The summed E-state index contributed by atoms with van der Waals surface area (Å²) in [7, 11) is 0. The lowest BCUT2D eigenvalue weighted by Gasteiger charge is -2.27. The molecule has 1 amide bonds. The Labute approximate surface area is 123 Å². The fourth-order valence-electron chi connectivity index (χ4n) is 2.54. The fourth-order valence-corrected chi connectivity index (χ4v) is 3.12. The molecule has 0 bridgehead atoms. The van der Waals surface area contributed by atoms with Crippen LogP contribution in [-0.4, -0.2) is 16.8 Å². The number of aromatic nitrogens is 1. The van der Waals surface area contributed by atoms with Gasteiger partial charge in [0.1, 0.15) is 0 Å². The molecule has 1 heterocycles. The van der Waals surface area contributed by atoms with Crippen LogP contribution in [0.25, 0.3) is 0 Å². The third kappa shape index (κ3) is 2.90. The molecule has 1 aromatic carbocycles. The van der Waals surface area contributed by atoms with E-state index in [4.69, 9.17) is 0 Å². The number of rotatable bonds is 5. The van der Waals surface area contributed by atoms with Crippen LogP contribution in [0.2, 0.25) is 0 Å². The first-order valence-corrected chi connectivity index (χ1v) is 7.88. The molecule has 0 saturated heterocycles. The van der Waals surface area contributed by atoms with E-state index >= 15 is 0 Å². The molecule has 4 heteroatoms. The van der Waals surface area contributed by atoms with Crippen LogP contribution in [0.1, 0.15) is 46.0 Å². The number of nitrogens with one attached hydrogen (secondary N) is 1. The van der Waals surface area contributed by atoms with Gasteiger partial charge in [0.25, 0.3) is 5.91 Å². The van der Waals surface area contributed by atoms with Crippen LogP contribution in [0.15, 0.2) is 36.5 Å². The number of carbonyl (C=O) groups excluding carboxylic acids is 1. The monoisotopic (exact) mass is 286 g/mol. The maximum Gasteiger partial charge on any atom is 0.251 e. The Morgan fingerprint density at radius 3 is 2.85 bits per heavy atom. The molecule has 0 spiro atoms. The summed E-state index contributed by atoms with van der Waals surface area (Å²) < 4.78 is 4.06. The first-order chi connectivity index (χ1) is 9.84. The lowest BCUT2D eigenvalue weighted by molar-refractivity contribution is 0.0952. The second kappa shape index (κ2) is 6.18. The Balaban J connectivity index is 1.61. The molecule has 1 N–H and O–H groups in total. The van der Waals surface area contributed by atoms with Crippen molar-refractivity contribution < 1.29 is 4.79 Å². The largest absolute Gasteiger partial charge is 0.352 e. The highest BCUT2D eigenvalue weighted by molar-refractivity contribution is 7.05. The smallest absolute Gasteiger partial charge is 0.251 e. The highest BCUT2D eigenvalue weighted by Gasteiger charge is 2.23. The number of carbonyl (C=O) groups is 1. The SMILES string of the molecule is O=C(NCCc1ccns1)c1ccccc1C1CCC1. The minimum Gasteiger partial charge on any atom is -0.352 e. The van der Waals surface area contributed by atoms with Gasteiger partial charge < -0.3 is 5.32 Å². The van der Waals surface area contributed by atoms with Gasteiger partial charge in [0, 0.05) is 29.6 Å². The topological polar surface area (TPSA) is 42.0 Å². The zero-order valence-corrected chi connectivity index (χ0v) is 12.2. The molecule has 1 fully saturated rings. The van der Waals surface area contributed by atoms with Gasteiger partial charge in [0.2, 0.25) is 0 Å². The third-order valence-corrected chi connectivity index (χ3v) is 4.70. The van der Waals surface area contributed by atoms with Crippen molar-refractivity contribution in [2.45, 2.75) is 31.6 Å². The van der Waals surface area contributed by atoms with Gasteiger partial charge in [-0.1, -0.05) is 24.6 Å². The number of nitrogens with zero attached hydrogens (tertiary/aromatic N) is 1. The Morgan fingerprint density at radius 1 is 1.30 bits per heavy atom. The first-order valence-electron chi connectivity index (χ1n) is 7.11. The van der Waals surface area contributed by atoms with E-state index in [0.29, 0.717) is 12.5 Å². The maximum absolute atomic E-state index is 12.3. The van der Waals surface area contributed by atoms with E-state index in [1.165, 1.54) is 41.2 Å². The molecular weight excluding hydrogens is 268 g/mol. The van der Waals surface area contributed by atoms with Crippen LogP contribution in [0.4, 0.5) is 0 Å². The lowest BCUT2D eigenvalue weighted by Crippen LogP contribution is -2.27. The van der Waals surface area contributed by atoms with E-state index in [-0.39, 0.29) is 5.91 Å². The van der Waals surface area contributed by atoms with Gasteiger partial charge in [0.05, 0.1) is 0 Å². The Hall–Kier alpha value is -1.68. The standard InChI is InChI=1S/C16H18N2OS/c19-16(17-10-8-13-9-11-18-20-13)15-7-2-1-6-14(15)12-4-3-5-12/h1-2,6-7,9,11-12H,3-5,8,10H2,(H,17,19). The molecule has 0 radical (unpaired) electrons. The van der Waals surface area contributed by atoms with Crippen molar-refractivity contribution in [2.24, 2.45) is 0 Å². The van der Waals surface area contributed by atoms with Gasteiger partial charge in [-0.25, -0.2) is 4.37 Å². The summed E-state index contributed by atoms with van der Waals surface area (Å²) >= 11 is 1.49. The summed E-state index contributed by atoms with van der Waals surface area (Å²) in [6.45, 7) is 0.667. The van der Waals surface area contributed by atoms with Gasteiger partial charge in [-0.05, 0) is 48.0 Å². The molecule has 1 aliphatic carbocycles. The molecule has 3 rings (SSSR count). The normalized spacial score (nSPS) is 14.8. The van der Waals surface area contributed by atoms with Crippen molar-refractivity contribution >= 4 is 17.4 Å². The Morgan fingerprint density at radius 2 is 2.15 bits per heavy atom. The predicted molar refractivity (Wildman–Crippen MR) is 81.2 cm³/mol. The summed E-state index contributed by atoms with van der Waals surface area (Å²) in [5, 5.41) is 3.02. The van der Waals surface area contributed by atoms with E-state index in [1.807, 2.05) is 24.3 Å². The molecule has 2 aromatic rings. The molecule has 0 aliphatic heterocycles. The summed E-state index contributed by atoms with van der Waals surface area (Å²) in [6, 6.07) is 10.0. The fraction of sp³-hybridized carbons (Fsp3) is 0.375. The van der Waals surface area contributed by atoms with Crippen LogP contribution in [-0.2, 0) is 6.42 Å². The number of hydrogen-bond donors (Lipinski definition) is 1. The van der Waals surface area contributed by atoms with Gasteiger partial charge in [-0.15, -0.1) is 0 Å². The molecule has 1 aromatic heterocycles. The molecule has 20 heavy (non-hydrogen) atoms. The van der Waals surface area contributed by atoms with Crippen LogP contribution in [0, 0.1) is 0 Å². The van der Waals surface area contributed by atoms with Crippen LogP contribution in [0.5, 0.6) is 0 Å². The predicted octanol–water partition coefficient (Wildman–Crippen LogP) is 3.38. The van der Waals surface area contributed by atoms with Gasteiger partial charge in [-0.3, -0.25) is 4.79 Å². The number of amides is 1. The van der Waals surface area contributed by atoms with Crippen molar-refractivity contribution in [2.75, 3.05) is 6.54 Å². The molecule has 1 saturated carbocycles. The maximum atomic E-state index is 12.3. The minimum absolute atomic E-state index is 0.0528. The summed E-state index contributed by atoms with van der Waals surface area (Å²) in [6.07, 6.45) is 6.36. The van der Waals surface area contributed by atoms with Crippen LogP contribution in [0.3, 0.4) is 0 Å². The lowest BCUT2D eigenvalue weighted by atomic mass is 9.78. The average molecular weight is 286 g/mol. The number of benzene rings is 1. The van der Waals surface area contributed by atoms with Crippen LogP contribution >= 0.6 is 11.5 Å². The molecule has 0 atom stereocenters. The Kier molecular flexibility index (Phi) is 4.11. The molecule has 3 nitrogen and oxygen atoms in total. The van der Waals surface area contributed by atoms with E-state index < -0.39 is 0 Å². The van der Waals surface area contributed by atoms with Crippen LogP contribution < -0.4 is 5.32 Å². The number of hydrogen-bond acceptors (Lipinski definition) is 3. The zero-order chi connectivity index (χ0) is 13.8. The van der Waals surface area contributed by atoms with Crippen molar-refractivity contribution in [1.82, 2.24) is 9.69 Å². The van der Waals surface area contributed by atoms with Crippen molar-refractivity contribution in [3.63, 3.8) is 0 Å². The van der Waals surface area contributed by atoms with Crippen molar-refractivity contribution in [3.8, 4) is 0 Å². The average Bonchev–Trinajstić information content (AvgIpc) is 2.90. The zero-order valence-electron chi connectivity index (χ0n) is 11.3. The summed E-state index contributed by atoms with van der Waals surface area (Å²) in [4.78, 5) is 13.5. The highest BCUT2D eigenvalue weighted by Crippen LogP contribution is 2.37. The molecular formula is C16H18N2OS. The first kappa shape index (κ1) is 13.3. The molecule has 0 unspecified atom stereocenters. The van der Waals surface area contributed by atoms with Crippen molar-refractivity contribution in [1.29, 1.82) is 0 Å². The van der Waals surface area contributed by atoms with E-state index in [9.17, 15) is 4.79 Å². The Bertz CT molecular complexity index is 576. The summed E-state index contributed by atoms with van der Waals surface area (Å²) in [5.74, 6) is 0.635. The second-order valence-electron chi connectivity index (χ2n) is 5.20. The highest BCUT2D eigenvalue weighted by atomic mass is 32.1. The van der Waals surface area contributed by atoms with Gasteiger partial charge >= 0.3 is 0 Å². The third-order valence-electron chi connectivity index (χ3n) is 3.90. The van der Waals surface area contributed by atoms with Gasteiger partial charge in [-0.2, -0.15) is 0 Å².